The number of carbonyl (C=O) groups is 2. The third kappa shape index (κ3) is 6.04. The normalized spacial score (nSPS) is 15.1. The van der Waals surface area contributed by atoms with Gasteiger partial charge in [0.2, 0.25) is 5.91 Å². The lowest BCUT2D eigenvalue weighted by molar-refractivity contribution is -0.383. The Morgan fingerprint density at radius 2 is 1.78 bits per heavy atom. The summed E-state index contributed by atoms with van der Waals surface area (Å²) < 4.78 is 0. The molecule has 0 spiro atoms. The van der Waals surface area contributed by atoms with Crippen molar-refractivity contribution >= 4 is 28.9 Å². The average molecular weight is 440 g/mol. The topological polar surface area (TPSA) is 108 Å². The zero-order valence-corrected chi connectivity index (χ0v) is 18.4. The number of para-hydroxylation sites is 1. The van der Waals surface area contributed by atoms with E-state index in [0.29, 0.717) is 38.4 Å². The summed E-state index contributed by atoms with van der Waals surface area (Å²) >= 11 is 0. The lowest BCUT2D eigenvalue weighted by Gasteiger charge is -2.34. The fourth-order valence-corrected chi connectivity index (χ4v) is 3.52. The first-order valence-electron chi connectivity index (χ1n) is 10.8. The molecule has 0 aliphatic carbocycles. The number of hydrogen-bond acceptors (Lipinski definition) is 6. The van der Waals surface area contributed by atoms with E-state index in [1.165, 1.54) is 6.07 Å². The van der Waals surface area contributed by atoms with Gasteiger partial charge in [0.05, 0.1) is 11.5 Å². The van der Waals surface area contributed by atoms with E-state index < -0.39 is 4.92 Å². The molecule has 170 valence electrons. The maximum atomic E-state index is 12.9. The minimum absolute atomic E-state index is 0.0174. The van der Waals surface area contributed by atoms with Crippen LogP contribution in [0.25, 0.3) is 0 Å². The lowest BCUT2D eigenvalue weighted by atomic mass is 10.1. The summed E-state index contributed by atoms with van der Waals surface area (Å²) in [6.45, 7) is 6.38. The van der Waals surface area contributed by atoms with Gasteiger partial charge in [0.1, 0.15) is 5.69 Å². The van der Waals surface area contributed by atoms with Crippen LogP contribution in [0.4, 0.5) is 17.1 Å². The minimum atomic E-state index is -0.490. The number of anilines is 2. The van der Waals surface area contributed by atoms with E-state index >= 15 is 0 Å². The molecule has 1 atom stereocenters. The number of nitrogens with zero attached hydrogens (tertiary/aromatic N) is 3. The Labute approximate surface area is 187 Å². The molecule has 32 heavy (non-hydrogen) atoms. The molecule has 9 heteroatoms. The molecule has 0 bridgehead atoms. The van der Waals surface area contributed by atoms with Gasteiger partial charge in [0, 0.05) is 49.5 Å². The molecule has 1 unspecified atom stereocenters. The molecule has 2 amide bonds. The molecule has 1 fully saturated rings. The van der Waals surface area contributed by atoms with Crippen LogP contribution in [0.3, 0.4) is 0 Å². The van der Waals surface area contributed by atoms with Crippen LogP contribution in [-0.2, 0) is 4.79 Å². The maximum Gasteiger partial charge on any atom is 0.293 e. The van der Waals surface area contributed by atoms with Gasteiger partial charge in [-0.2, -0.15) is 0 Å². The third-order valence-electron chi connectivity index (χ3n) is 5.54. The van der Waals surface area contributed by atoms with Crippen LogP contribution >= 0.6 is 0 Å². The van der Waals surface area contributed by atoms with Crippen molar-refractivity contribution in [3.05, 3.63) is 64.2 Å². The van der Waals surface area contributed by atoms with Gasteiger partial charge < -0.3 is 15.5 Å². The quantitative estimate of drug-likeness (QED) is 0.484. The number of carbonyl (C=O) groups excluding carboxylic acids is 2. The number of nitrogens with one attached hydrogen (secondary N) is 2. The Morgan fingerprint density at radius 3 is 2.41 bits per heavy atom. The predicted octanol–water partition coefficient (Wildman–Crippen LogP) is 3.01. The summed E-state index contributed by atoms with van der Waals surface area (Å²) in [4.78, 5) is 39.8. The molecule has 2 aromatic carbocycles. The Kier molecular flexibility index (Phi) is 7.77. The Balaban J connectivity index is 1.62. The molecule has 1 saturated heterocycles. The number of nitro benzene ring substituents is 1. The molecule has 0 radical (unpaired) electrons. The summed E-state index contributed by atoms with van der Waals surface area (Å²) in [5.74, 6) is -0.265. The van der Waals surface area contributed by atoms with E-state index in [1.54, 1.807) is 17.0 Å². The highest BCUT2D eigenvalue weighted by molar-refractivity contribution is 5.96. The second-order valence-corrected chi connectivity index (χ2v) is 7.93. The SMILES string of the molecule is CCC(C)NC(=O)CN1CCN(C(=O)c2ccc(Nc3ccccc3)c([N+](=O)[O-])c2)CC1. The molecule has 2 N–H and O–H groups in total. The van der Waals surface area contributed by atoms with E-state index in [4.69, 9.17) is 0 Å². The third-order valence-corrected chi connectivity index (χ3v) is 5.54. The van der Waals surface area contributed by atoms with Gasteiger partial charge in [-0.1, -0.05) is 25.1 Å². The number of amides is 2. The van der Waals surface area contributed by atoms with Gasteiger partial charge in [-0.25, -0.2) is 0 Å². The molecular formula is C23H29N5O4. The van der Waals surface area contributed by atoms with Gasteiger partial charge in [0.15, 0.2) is 0 Å². The highest BCUT2D eigenvalue weighted by Crippen LogP contribution is 2.29. The second-order valence-electron chi connectivity index (χ2n) is 7.93. The van der Waals surface area contributed by atoms with Gasteiger partial charge in [-0.3, -0.25) is 24.6 Å². The molecule has 1 aliphatic rings. The monoisotopic (exact) mass is 439 g/mol. The van der Waals surface area contributed by atoms with Crippen molar-refractivity contribution in [2.45, 2.75) is 26.3 Å². The van der Waals surface area contributed by atoms with Crippen LogP contribution in [0.2, 0.25) is 0 Å². The van der Waals surface area contributed by atoms with Gasteiger partial charge in [-0.15, -0.1) is 0 Å². The summed E-state index contributed by atoms with van der Waals surface area (Å²) in [5.41, 5.74) is 1.18. The molecule has 1 heterocycles. The van der Waals surface area contributed by atoms with Crippen LogP contribution in [0, 0.1) is 10.1 Å². The number of rotatable bonds is 8. The second kappa shape index (κ2) is 10.7. The summed E-state index contributed by atoms with van der Waals surface area (Å²) in [5, 5.41) is 17.6. The van der Waals surface area contributed by atoms with Crippen molar-refractivity contribution in [3.8, 4) is 0 Å². The van der Waals surface area contributed by atoms with Crippen LogP contribution in [0.1, 0.15) is 30.6 Å². The first kappa shape index (κ1) is 23.2. The van der Waals surface area contributed by atoms with Crippen LogP contribution < -0.4 is 10.6 Å². The highest BCUT2D eigenvalue weighted by Gasteiger charge is 2.25. The van der Waals surface area contributed by atoms with E-state index in [1.807, 2.05) is 49.1 Å². The molecule has 0 aromatic heterocycles. The van der Waals surface area contributed by atoms with Gasteiger partial charge in [0.25, 0.3) is 11.6 Å². The zero-order valence-electron chi connectivity index (χ0n) is 18.4. The van der Waals surface area contributed by atoms with Gasteiger partial charge >= 0.3 is 0 Å². The molecular weight excluding hydrogens is 410 g/mol. The first-order chi connectivity index (χ1) is 15.4. The largest absolute Gasteiger partial charge is 0.353 e. The van der Waals surface area contributed by atoms with Crippen molar-refractivity contribution in [1.82, 2.24) is 15.1 Å². The molecule has 0 saturated carbocycles. The van der Waals surface area contributed by atoms with Crippen molar-refractivity contribution < 1.29 is 14.5 Å². The molecule has 9 nitrogen and oxygen atoms in total. The maximum absolute atomic E-state index is 12.9. The zero-order chi connectivity index (χ0) is 23.1. The number of hydrogen-bond donors (Lipinski definition) is 2. The van der Waals surface area contributed by atoms with Crippen molar-refractivity contribution in [3.63, 3.8) is 0 Å². The first-order valence-corrected chi connectivity index (χ1v) is 10.8. The smallest absolute Gasteiger partial charge is 0.293 e. The van der Waals surface area contributed by atoms with Crippen molar-refractivity contribution in [2.75, 3.05) is 38.0 Å². The lowest BCUT2D eigenvalue weighted by Crippen LogP contribution is -2.51. The summed E-state index contributed by atoms with van der Waals surface area (Å²) in [6, 6.07) is 13.8. The van der Waals surface area contributed by atoms with Crippen LogP contribution in [0.15, 0.2) is 48.5 Å². The molecule has 1 aliphatic heterocycles. The fraction of sp³-hybridized carbons (Fsp3) is 0.391. The van der Waals surface area contributed by atoms with E-state index in [0.717, 1.165) is 12.1 Å². The number of piperazine rings is 1. The van der Waals surface area contributed by atoms with Crippen molar-refractivity contribution in [2.24, 2.45) is 0 Å². The predicted molar refractivity (Wildman–Crippen MR) is 123 cm³/mol. The van der Waals surface area contributed by atoms with E-state index in [2.05, 4.69) is 10.6 Å². The number of nitro groups is 1. The van der Waals surface area contributed by atoms with E-state index in [9.17, 15) is 19.7 Å². The Hall–Kier alpha value is -3.46. The molecule has 2 aromatic rings. The minimum Gasteiger partial charge on any atom is -0.353 e. The fourth-order valence-electron chi connectivity index (χ4n) is 3.52. The van der Waals surface area contributed by atoms with Crippen LogP contribution in [-0.4, -0.2) is 65.3 Å². The Bertz CT molecular complexity index is 958. The van der Waals surface area contributed by atoms with Crippen molar-refractivity contribution in [1.29, 1.82) is 0 Å². The summed E-state index contributed by atoms with van der Waals surface area (Å²) in [6.07, 6.45) is 0.875. The molecule has 3 rings (SSSR count). The Morgan fingerprint density at radius 1 is 1.09 bits per heavy atom. The average Bonchev–Trinajstić information content (AvgIpc) is 2.79. The number of benzene rings is 2. The summed E-state index contributed by atoms with van der Waals surface area (Å²) in [7, 11) is 0. The highest BCUT2D eigenvalue weighted by atomic mass is 16.6. The van der Waals surface area contributed by atoms with Gasteiger partial charge in [-0.05, 0) is 37.6 Å². The standard InChI is InChI=1S/C23H29N5O4/c1-3-17(2)24-22(29)16-26-11-13-27(14-12-26)23(30)18-9-10-20(21(15-18)28(31)32)25-19-7-5-4-6-8-19/h4-10,15,17,25H,3,11-14,16H2,1-2H3,(H,24,29). The van der Waals surface area contributed by atoms with Crippen LogP contribution in [0.5, 0.6) is 0 Å². The van der Waals surface area contributed by atoms with E-state index in [-0.39, 0.29) is 29.1 Å².